The molecule has 1 aliphatic carbocycles. The summed E-state index contributed by atoms with van der Waals surface area (Å²) in [5, 5.41) is 4.35. The summed E-state index contributed by atoms with van der Waals surface area (Å²) in [5.41, 5.74) is 5.63. The van der Waals surface area contributed by atoms with Crippen LogP contribution < -0.4 is 10.3 Å². The summed E-state index contributed by atoms with van der Waals surface area (Å²) in [5.74, 6) is 0.189. The van der Waals surface area contributed by atoms with Crippen LogP contribution in [0.3, 0.4) is 0 Å². The molecule has 0 bridgehead atoms. The average Bonchev–Trinajstić information content (AvgIpc) is 3.24. The maximum absolute atomic E-state index is 14.1. The van der Waals surface area contributed by atoms with Crippen molar-refractivity contribution in [3.05, 3.63) is 82.8 Å². The Kier molecular flexibility index (Phi) is 6.31. The molecule has 2 amide bonds. The van der Waals surface area contributed by atoms with E-state index >= 15 is 0 Å². The fourth-order valence-electron chi connectivity index (χ4n) is 4.66. The minimum Gasteiger partial charge on any atom is -0.455 e. The summed E-state index contributed by atoms with van der Waals surface area (Å²) >= 11 is 0. The molecule has 0 radical (unpaired) electrons. The predicted octanol–water partition coefficient (Wildman–Crippen LogP) is 3.55. The molecule has 0 spiro atoms. The number of benzene rings is 1. The second-order valence-electron chi connectivity index (χ2n) is 8.65. The lowest BCUT2D eigenvalue weighted by Gasteiger charge is -2.35. The number of nitrogens with one attached hydrogen (secondary N) is 1. The van der Waals surface area contributed by atoms with Crippen LogP contribution in [-0.4, -0.2) is 53.6 Å². The molecular weight excluding hydrogens is 449 g/mol. The largest absolute Gasteiger partial charge is 0.455 e. The van der Waals surface area contributed by atoms with Crippen molar-refractivity contribution >= 4 is 23.2 Å². The molecule has 5 rings (SSSR count). The first-order chi connectivity index (χ1) is 17.0. The normalized spacial score (nSPS) is 16.8. The highest BCUT2D eigenvalue weighted by molar-refractivity contribution is 6.07. The fraction of sp³-hybridized carbons (Fsp3) is 0.308. The highest BCUT2D eigenvalue weighted by Gasteiger charge is 2.32. The van der Waals surface area contributed by atoms with Crippen molar-refractivity contribution in [3.8, 4) is 0 Å². The third-order valence-electron chi connectivity index (χ3n) is 6.47. The van der Waals surface area contributed by atoms with Crippen molar-refractivity contribution in [1.29, 1.82) is 0 Å². The summed E-state index contributed by atoms with van der Waals surface area (Å²) in [7, 11) is 0. The van der Waals surface area contributed by atoms with Gasteiger partial charge in [0.15, 0.2) is 5.76 Å². The van der Waals surface area contributed by atoms with Gasteiger partial charge in [-0.25, -0.2) is 9.82 Å². The van der Waals surface area contributed by atoms with Crippen LogP contribution in [0, 0.1) is 12.7 Å². The van der Waals surface area contributed by atoms with Gasteiger partial charge in [0.05, 0.1) is 11.4 Å². The quantitative estimate of drug-likeness (QED) is 0.583. The van der Waals surface area contributed by atoms with Crippen LogP contribution in [0.15, 0.2) is 58.2 Å². The van der Waals surface area contributed by atoms with Gasteiger partial charge < -0.3 is 14.2 Å². The molecule has 3 aromatic rings. The van der Waals surface area contributed by atoms with Gasteiger partial charge in [0.25, 0.3) is 11.8 Å². The molecule has 1 saturated heterocycles. The van der Waals surface area contributed by atoms with Gasteiger partial charge in [0, 0.05) is 49.9 Å². The Hall–Kier alpha value is -4.01. The number of carbonyl (C=O) groups excluding carboxylic acids is 2. The molecule has 0 atom stereocenters. The Labute approximate surface area is 202 Å². The lowest BCUT2D eigenvalue weighted by atomic mass is 9.93. The zero-order valence-corrected chi connectivity index (χ0v) is 19.5. The van der Waals surface area contributed by atoms with Crippen LogP contribution in [0.1, 0.15) is 50.8 Å². The number of anilines is 1. The summed E-state index contributed by atoms with van der Waals surface area (Å²) < 4.78 is 20.2. The molecule has 2 aromatic heterocycles. The number of amides is 2. The highest BCUT2D eigenvalue weighted by Crippen LogP contribution is 2.31. The molecule has 2 aliphatic rings. The minimum absolute atomic E-state index is 0.179. The molecule has 0 saturated carbocycles. The van der Waals surface area contributed by atoms with Crippen LogP contribution >= 0.6 is 0 Å². The number of aryl methyl sites for hydroxylation is 1. The van der Waals surface area contributed by atoms with E-state index in [1.165, 1.54) is 6.07 Å². The smallest absolute Gasteiger partial charge is 0.289 e. The van der Waals surface area contributed by atoms with Gasteiger partial charge in [-0.2, -0.15) is 5.10 Å². The number of aromatic nitrogens is 1. The van der Waals surface area contributed by atoms with Crippen LogP contribution in [0.2, 0.25) is 0 Å². The lowest BCUT2D eigenvalue weighted by Crippen LogP contribution is -2.49. The van der Waals surface area contributed by atoms with E-state index in [-0.39, 0.29) is 17.4 Å². The maximum atomic E-state index is 14.1. The Morgan fingerprint density at radius 2 is 1.83 bits per heavy atom. The van der Waals surface area contributed by atoms with Gasteiger partial charge in [0.2, 0.25) is 0 Å². The average molecular weight is 476 g/mol. The Bertz CT molecular complexity index is 1280. The lowest BCUT2D eigenvalue weighted by molar-refractivity contribution is 0.0711. The number of furan rings is 1. The number of halogens is 1. The van der Waals surface area contributed by atoms with E-state index in [0.29, 0.717) is 61.9 Å². The van der Waals surface area contributed by atoms with Gasteiger partial charge in [-0.3, -0.25) is 14.6 Å². The van der Waals surface area contributed by atoms with E-state index in [4.69, 9.17) is 4.42 Å². The van der Waals surface area contributed by atoms with E-state index < -0.39 is 5.91 Å². The second kappa shape index (κ2) is 9.69. The van der Waals surface area contributed by atoms with Gasteiger partial charge in [-0.05, 0) is 44.0 Å². The number of carbonyl (C=O) groups is 2. The van der Waals surface area contributed by atoms with Crippen LogP contribution in [0.4, 0.5) is 10.1 Å². The van der Waals surface area contributed by atoms with Gasteiger partial charge in [-0.1, -0.05) is 18.2 Å². The maximum Gasteiger partial charge on any atom is 0.289 e. The summed E-state index contributed by atoms with van der Waals surface area (Å²) in [6.45, 7) is 3.88. The van der Waals surface area contributed by atoms with Crippen molar-refractivity contribution in [2.75, 3.05) is 31.1 Å². The second-order valence-corrected chi connectivity index (χ2v) is 8.65. The van der Waals surface area contributed by atoms with Gasteiger partial charge >= 0.3 is 0 Å². The zero-order chi connectivity index (χ0) is 24.4. The monoisotopic (exact) mass is 475 g/mol. The van der Waals surface area contributed by atoms with E-state index in [9.17, 15) is 14.0 Å². The van der Waals surface area contributed by atoms with Gasteiger partial charge in [0.1, 0.15) is 17.3 Å². The molecule has 1 aromatic carbocycles. The molecular formula is C26H26FN5O3. The van der Waals surface area contributed by atoms with Crippen LogP contribution in [0.5, 0.6) is 0 Å². The first-order valence-corrected chi connectivity index (χ1v) is 11.7. The standard InChI is InChI=1S/C26H26FN5O3/c1-17-23-19(29-30-25(33)20-8-4-5-12-28-20)9-6-11-22(23)35-24(17)26(34)32-15-13-31(14-16-32)21-10-3-2-7-18(21)27/h2-5,7-8,10,12H,6,9,11,13-16H2,1H3,(H,30,33)/b29-19+. The van der Waals surface area contributed by atoms with Crippen molar-refractivity contribution in [1.82, 2.24) is 15.3 Å². The van der Waals surface area contributed by atoms with Crippen molar-refractivity contribution in [2.45, 2.75) is 26.2 Å². The Balaban J connectivity index is 1.31. The number of rotatable bonds is 4. The molecule has 1 fully saturated rings. The summed E-state index contributed by atoms with van der Waals surface area (Å²) in [6.07, 6.45) is 3.74. The molecule has 0 unspecified atom stereocenters. The van der Waals surface area contributed by atoms with Crippen molar-refractivity contribution in [3.63, 3.8) is 0 Å². The molecule has 9 heteroatoms. The first-order valence-electron chi connectivity index (χ1n) is 11.7. The van der Waals surface area contributed by atoms with Crippen LogP contribution in [-0.2, 0) is 6.42 Å². The van der Waals surface area contributed by atoms with Crippen LogP contribution in [0.25, 0.3) is 0 Å². The van der Waals surface area contributed by atoms with E-state index in [2.05, 4.69) is 15.5 Å². The molecule has 3 heterocycles. The number of pyridine rings is 1. The number of nitrogens with zero attached hydrogens (tertiary/aromatic N) is 4. The molecule has 35 heavy (non-hydrogen) atoms. The SMILES string of the molecule is Cc1c(C(=O)N2CCN(c3ccccc3F)CC2)oc2c1/C(=N/NC(=O)c1ccccn1)CCC2. The van der Waals surface area contributed by atoms with Gasteiger partial charge in [-0.15, -0.1) is 0 Å². The van der Waals surface area contributed by atoms with E-state index in [1.54, 1.807) is 41.4 Å². The fourth-order valence-corrected chi connectivity index (χ4v) is 4.66. The van der Waals surface area contributed by atoms with Crippen molar-refractivity contribution < 1.29 is 18.4 Å². The molecule has 1 N–H and O–H groups in total. The van der Waals surface area contributed by atoms with E-state index in [1.807, 2.05) is 17.9 Å². The number of piperazine rings is 1. The van der Waals surface area contributed by atoms with E-state index in [0.717, 1.165) is 17.5 Å². The van der Waals surface area contributed by atoms with Crippen molar-refractivity contribution in [2.24, 2.45) is 5.10 Å². The number of hydrazone groups is 1. The number of hydrogen-bond acceptors (Lipinski definition) is 6. The summed E-state index contributed by atoms with van der Waals surface area (Å²) in [6, 6.07) is 11.8. The molecule has 1 aliphatic heterocycles. The Morgan fingerprint density at radius 3 is 2.57 bits per heavy atom. The minimum atomic E-state index is -0.393. The number of fused-ring (bicyclic) bond motifs is 1. The predicted molar refractivity (Wildman–Crippen MR) is 129 cm³/mol. The summed E-state index contributed by atoms with van der Waals surface area (Å²) in [4.78, 5) is 33.4. The highest BCUT2D eigenvalue weighted by atomic mass is 19.1. The molecule has 180 valence electrons. The molecule has 8 nitrogen and oxygen atoms in total. The third-order valence-corrected chi connectivity index (χ3v) is 6.47. The number of hydrogen-bond donors (Lipinski definition) is 1. The number of para-hydroxylation sites is 1. The zero-order valence-electron chi connectivity index (χ0n) is 19.5. The topological polar surface area (TPSA) is 91.0 Å². The third kappa shape index (κ3) is 4.53. The first kappa shape index (κ1) is 22.8. The Morgan fingerprint density at radius 1 is 1.06 bits per heavy atom.